The minimum atomic E-state index is -4.57. The Morgan fingerprint density at radius 3 is 2.71 bits per heavy atom. The summed E-state index contributed by atoms with van der Waals surface area (Å²) in [4.78, 5) is 11.9. The molecule has 0 saturated heterocycles. The van der Waals surface area contributed by atoms with Crippen LogP contribution >= 0.6 is 15.9 Å². The molecular weight excluding hydrogens is 351 g/mol. The fourth-order valence-corrected chi connectivity index (χ4v) is 2.18. The quantitative estimate of drug-likeness (QED) is 0.781. The van der Waals surface area contributed by atoms with E-state index in [-0.39, 0.29) is 16.6 Å². The summed E-state index contributed by atoms with van der Waals surface area (Å²) in [5, 5.41) is 2.45. The molecule has 1 aliphatic carbocycles. The predicted molar refractivity (Wildman–Crippen MR) is 75.0 cm³/mol. The van der Waals surface area contributed by atoms with Gasteiger partial charge in [-0.1, -0.05) is 15.9 Å². The van der Waals surface area contributed by atoms with Crippen LogP contribution in [0.2, 0.25) is 0 Å². The van der Waals surface area contributed by atoms with Gasteiger partial charge in [0.1, 0.15) is 0 Å². The number of benzene rings is 1. The molecule has 116 valence electrons. The molecule has 21 heavy (non-hydrogen) atoms. The van der Waals surface area contributed by atoms with Crippen LogP contribution in [0.3, 0.4) is 0 Å². The van der Waals surface area contributed by atoms with Crippen LogP contribution in [0.15, 0.2) is 22.7 Å². The van der Waals surface area contributed by atoms with Crippen LogP contribution in [-0.4, -0.2) is 25.7 Å². The zero-order chi connectivity index (χ0) is 15.5. The lowest BCUT2D eigenvalue weighted by atomic mass is 10.1. The third-order valence-electron chi connectivity index (χ3n) is 3.11. The van der Waals surface area contributed by atoms with E-state index >= 15 is 0 Å². The van der Waals surface area contributed by atoms with Gasteiger partial charge in [0.2, 0.25) is 0 Å². The molecular formula is C14H15BrF3NO2. The number of alkyl halides is 3. The number of carbonyl (C=O) groups is 1. The lowest BCUT2D eigenvalue weighted by Gasteiger charge is -2.13. The van der Waals surface area contributed by atoms with Gasteiger partial charge in [-0.3, -0.25) is 4.79 Å². The highest BCUT2D eigenvalue weighted by atomic mass is 79.9. The summed E-state index contributed by atoms with van der Waals surface area (Å²) in [6.45, 7) is 1.15. The highest BCUT2D eigenvalue weighted by Gasteiger charge is 2.35. The fourth-order valence-electron chi connectivity index (χ4n) is 1.82. The molecule has 0 radical (unpaired) electrons. The smallest absolute Gasteiger partial charge is 0.379 e. The van der Waals surface area contributed by atoms with Crippen LogP contribution < -0.4 is 5.32 Å². The van der Waals surface area contributed by atoms with Crippen molar-refractivity contribution in [1.29, 1.82) is 0 Å². The van der Waals surface area contributed by atoms with E-state index in [1.54, 1.807) is 0 Å². The Kier molecular flexibility index (Phi) is 5.27. The van der Waals surface area contributed by atoms with Crippen molar-refractivity contribution in [3.05, 3.63) is 33.8 Å². The van der Waals surface area contributed by atoms with Crippen molar-refractivity contribution in [2.24, 2.45) is 5.92 Å². The number of amides is 1. The second-order valence-corrected chi connectivity index (χ2v) is 5.88. The monoisotopic (exact) mass is 365 g/mol. The maximum Gasteiger partial charge on any atom is 0.417 e. The van der Waals surface area contributed by atoms with Crippen LogP contribution in [0.4, 0.5) is 13.2 Å². The topological polar surface area (TPSA) is 38.3 Å². The summed E-state index contributed by atoms with van der Waals surface area (Å²) in [6.07, 6.45) is -2.24. The van der Waals surface area contributed by atoms with Crippen molar-refractivity contribution < 1.29 is 22.7 Å². The Balaban J connectivity index is 1.91. The third kappa shape index (κ3) is 5.00. The van der Waals surface area contributed by atoms with E-state index in [9.17, 15) is 18.0 Å². The van der Waals surface area contributed by atoms with E-state index in [1.165, 1.54) is 18.9 Å². The van der Waals surface area contributed by atoms with Crippen LogP contribution in [0.1, 0.15) is 28.8 Å². The van der Waals surface area contributed by atoms with Gasteiger partial charge in [-0.2, -0.15) is 13.2 Å². The van der Waals surface area contributed by atoms with Gasteiger partial charge in [0.25, 0.3) is 5.91 Å². The predicted octanol–water partition coefficient (Wildman–Crippen LogP) is 3.62. The number of hydrogen-bond acceptors (Lipinski definition) is 2. The molecule has 0 atom stereocenters. The summed E-state index contributed by atoms with van der Waals surface area (Å²) in [5.74, 6) is -0.131. The van der Waals surface area contributed by atoms with E-state index in [4.69, 9.17) is 4.74 Å². The Bertz CT molecular complexity index is 515. The average molecular weight is 366 g/mol. The normalized spacial score (nSPS) is 15.0. The Hall–Kier alpha value is -1.08. The lowest BCUT2D eigenvalue weighted by molar-refractivity contribution is -0.138. The molecule has 1 saturated carbocycles. The fraction of sp³-hybridized carbons (Fsp3) is 0.500. The molecule has 1 fully saturated rings. The van der Waals surface area contributed by atoms with Gasteiger partial charge < -0.3 is 10.1 Å². The van der Waals surface area contributed by atoms with Crippen LogP contribution in [0.5, 0.6) is 0 Å². The van der Waals surface area contributed by atoms with Gasteiger partial charge in [0, 0.05) is 17.6 Å². The van der Waals surface area contributed by atoms with Crippen molar-refractivity contribution in [2.75, 3.05) is 19.8 Å². The number of hydrogen-bond donors (Lipinski definition) is 1. The molecule has 0 aromatic heterocycles. The average Bonchev–Trinajstić information content (AvgIpc) is 3.21. The summed E-state index contributed by atoms with van der Waals surface area (Å²) in [7, 11) is 0. The molecule has 0 unspecified atom stereocenters. The van der Waals surface area contributed by atoms with E-state index in [1.807, 2.05) is 0 Å². The SMILES string of the molecule is O=C(NCCOCC1CC1)c1ccc(Br)cc1C(F)(F)F. The number of nitrogens with one attached hydrogen (secondary N) is 1. The summed E-state index contributed by atoms with van der Waals surface area (Å²) in [6, 6.07) is 3.47. The van der Waals surface area contributed by atoms with Crippen LogP contribution in [0, 0.1) is 5.92 Å². The van der Waals surface area contributed by atoms with E-state index in [0.717, 1.165) is 12.1 Å². The van der Waals surface area contributed by atoms with Crippen molar-refractivity contribution in [3.8, 4) is 0 Å². The lowest BCUT2D eigenvalue weighted by Crippen LogP contribution is -2.29. The molecule has 0 spiro atoms. The van der Waals surface area contributed by atoms with Gasteiger partial charge in [-0.25, -0.2) is 0 Å². The molecule has 1 aliphatic rings. The minimum Gasteiger partial charge on any atom is -0.379 e. The van der Waals surface area contributed by atoms with Crippen molar-refractivity contribution in [2.45, 2.75) is 19.0 Å². The third-order valence-corrected chi connectivity index (χ3v) is 3.61. The zero-order valence-electron chi connectivity index (χ0n) is 11.2. The van der Waals surface area contributed by atoms with Crippen LogP contribution in [0.25, 0.3) is 0 Å². The van der Waals surface area contributed by atoms with E-state index in [2.05, 4.69) is 21.2 Å². The largest absolute Gasteiger partial charge is 0.417 e. The molecule has 3 nitrogen and oxygen atoms in total. The molecule has 7 heteroatoms. The van der Waals surface area contributed by atoms with Crippen molar-refractivity contribution in [1.82, 2.24) is 5.32 Å². The molecule has 1 amide bonds. The van der Waals surface area contributed by atoms with Gasteiger partial charge in [-0.15, -0.1) is 0 Å². The molecule has 0 aliphatic heterocycles. The molecule has 0 heterocycles. The number of halogens is 4. The second kappa shape index (κ2) is 6.79. The standard InChI is InChI=1S/C14H15BrF3NO2/c15-10-3-4-11(12(7-10)14(16,17)18)13(20)19-5-6-21-8-9-1-2-9/h3-4,7,9H,1-2,5-6,8H2,(H,19,20). The zero-order valence-corrected chi connectivity index (χ0v) is 12.8. The Labute approximate surface area is 129 Å². The first-order valence-corrected chi connectivity index (χ1v) is 7.40. The first-order chi connectivity index (χ1) is 9.88. The highest BCUT2D eigenvalue weighted by Crippen LogP contribution is 2.33. The van der Waals surface area contributed by atoms with E-state index < -0.39 is 17.6 Å². The maximum absolute atomic E-state index is 12.9. The Morgan fingerprint density at radius 1 is 1.38 bits per heavy atom. The summed E-state index contributed by atoms with van der Waals surface area (Å²) >= 11 is 2.98. The van der Waals surface area contributed by atoms with Gasteiger partial charge in [0.05, 0.1) is 17.7 Å². The minimum absolute atomic E-state index is 0.193. The number of rotatable bonds is 6. The second-order valence-electron chi connectivity index (χ2n) is 4.96. The maximum atomic E-state index is 12.9. The number of carbonyl (C=O) groups excluding carboxylic acids is 1. The molecule has 1 N–H and O–H groups in total. The Morgan fingerprint density at radius 2 is 2.10 bits per heavy atom. The first-order valence-electron chi connectivity index (χ1n) is 6.60. The first kappa shape index (κ1) is 16.3. The highest BCUT2D eigenvalue weighted by molar-refractivity contribution is 9.10. The van der Waals surface area contributed by atoms with Gasteiger partial charge in [0.15, 0.2) is 0 Å². The number of ether oxygens (including phenoxy) is 1. The molecule has 1 aromatic carbocycles. The summed E-state index contributed by atoms with van der Waals surface area (Å²) < 4.78 is 44.3. The molecule has 0 bridgehead atoms. The molecule has 2 rings (SSSR count). The molecule has 1 aromatic rings. The van der Waals surface area contributed by atoms with Crippen molar-refractivity contribution >= 4 is 21.8 Å². The van der Waals surface area contributed by atoms with Crippen molar-refractivity contribution in [3.63, 3.8) is 0 Å². The van der Waals surface area contributed by atoms with Crippen LogP contribution in [-0.2, 0) is 10.9 Å². The van der Waals surface area contributed by atoms with Gasteiger partial charge >= 0.3 is 6.18 Å². The summed E-state index contributed by atoms with van der Waals surface area (Å²) in [5.41, 5.74) is -1.33. The van der Waals surface area contributed by atoms with Gasteiger partial charge in [-0.05, 0) is 37.0 Å². The van der Waals surface area contributed by atoms with E-state index in [0.29, 0.717) is 19.1 Å².